The summed E-state index contributed by atoms with van der Waals surface area (Å²) in [7, 11) is 0. The van der Waals surface area contributed by atoms with Gasteiger partial charge in [-0.05, 0) is 88.6 Å². The van der Waals surface area contributed by atoms with E-state index in [0.717, 1.165) is 44.2 Å². The summed E-state index contributed by atoms with van der Waals surface area (Å²) in [5.41, 5.74) is 9.77. The third-order valence-electron chi connectivity index (χ3n) is 11.3. The van der Waals surface area contributed by atoms with Crippen molar-refractivity contribution in [2.24, 2.45) is 0 Å². The summed E-state index contributed by atoms with van der Waals surface area (Å²) < 4.78 is 0. The Morgan fingerprint density at radius 2 is 0.707 bits per heavy atom. The molecule has 0 N–H and O–H groups in total. The van der Waals surface area contributed by atoms with Crippen molar-refractivity contribution < 1.29 is 0 Å². The minimum Gasteiger partial charge on any atom is -0.208 e. The summed E-state index contributed by atoms with van der Waals surface area (Å²) in [5.74, 6) is 1.89. The molecule has 11 rings (SSSR count). The first-order valence-corrected chi connectivity index (χ1v) is 19.7. The molecule has 0 aliphatic rings. The van der Waals surface area contributed by atoms with Gasteiger partial charge in [-0.2, -0.15) is 0 Å². The van der Waals surface area contributed by atoms with Crippen molar-refractivity contribution in [3.05, 3.63) is 212 Å². The molecule has 270 valence electrons. The number of hydrogen-bond donors (Lipinski definition) is 0. The van der Waals surface area contributed by atoms with Gasteiger partial charge in [0.1, 0.15) is 0 Å². The van der Waals surface area contributed by atoms with Crippen LogP contribution in [0.4, 0.5) is 0 Å². The van der Waals surface area contributed by atoms with Gasteiger partial charge >= 0.3 is 0 Å². The maximum atomic E-state index is 5.28. The number of fused-ring (bicyclic) bond motifs is 5. The zero-order valence-electron chi connectivity index (χ0n) is 31.5. The van der Waals surface area contributed by atoms with E-state index >= 15 is 0 Å². The van der Waals surface area contributed by atoms with E-state index in [1.165, 1.54) is 49.0 Å². The number of rotatable bonds is 6. The third kappa shape index (κ3) is 5.98. The lowest BCUT2D eigenvalue weighted by atomic mass is 9.91. The Morgan fingerprint density at radius 1 is 0.224 bits per heavy atom. The molecule has 0 amide bonds. The fourth-order valence-electron chi connectivity index (χ4n) is 8.42. The molecular formula is C55H35N3. The van der Waals surface area contributed by atoms with E-state index in [1.807, 2.05) is 0 Å². The summed E-state index contributed by atoms with van der Waals surface area (Å²) in [6.45, 7) is 0. The SMILES string of the molecule is c1ccc(-c2ccc3cc(-c4nc(-c5ccc(-c6cccc7ccccc67)cc5)nc(-c5ccccc5-c5cccc6ccc7ccccc7c56)n4)ccc3c2)cc1. The molecule has 11 aromatic rings. The summed E-state index contributed by atoms with van der Waals surface area (Å²) in [5, 5.41) is 9.59. The van der Waals surface area contributed by atoms with Crippen LogP contribution in [0, 0.1) is 0 Å². The average molecular weight is 738 g/mol. The Kier molecular flexibility index (Phi) is 8.15. The fraction of sp³-hybridized carbons (Fsp3) is 0. The van der Waals surface area contributed by atoms with Crippen molar-refractivity contribution in [2.75, 3.05) is 0 Å². The standard InChI is InChI=1S/C55H35N3/c1-2-12-36(13-3-1)42-30-31-44-35-45(33-32-43(44)34-42)54-56-53(41-28-25-39(26-29-41)47-22-10-16-37-14-4-6-18-46(37)47)57-55(58-54)51-21-9-8-20-49(51)50-23-11-17-40-27-24-38-15-5-7-19-48(38)52(40)50/h1-35H. The Bertz CT molecular complexity index is 3330. The van der Waals surface area contributed by atoms with Crippen LogP contribution in [0.1, 0.15) is 0 Å². The predicted octanol–water partition coefficient (Wildman–Crippen LogP) is 14.5. The summed E-state index contributed by atoms with van der Waals surface area (Å²) in [4.78, 5) is 15.7. The van der Waals surface area contributed by atoms with Gasteiger partial charge in [-0.25, -0.2) is 15.0 Å². The van der Waals surface area contributed by atoms with E-state index in [2.05, 4.69) is 212 Å². The average Bonchev–Trinajstić information content (AvgIpc) is 3.31. The maximum Gasteiger partial charge on any atom is 0.164 e. The first-order chi connectivity index (χ1) is 28.7. The number of benzene rings is 10. The van der Waals surface area contributed by atoms with Gasteiger partial charge in [0.15, 0.2) is 17.5 Å². The van der Waals surface area contributed by atoms with Crippen LogP contribution in [0.2, 0.25) is 0 Å². The molecule has 0 unspecified atom stereocenters. The summed E-state index contributed by atoms with van der Waals surface area (Å²) in [6, 6.07) is 75.3. The molecule has 1 heterocycles. The van der Waals surface area contributed by atoms with Crippen molar-refractivity contribution in [1.82, 2.24) is 15.0 Å². The van der Waals surface area contributed by atoms with Gasteiger partial charge in [-0.3, -0.25) is 0 Å². The number of nitrogens with zero attached hydrogens (tertiary/aromatic N) is 3. The van der Waals surface area contributed by atoms with E-state index in [-0.39, 0.29) is 0 Å². The van der Waals surface area contributed by atoms with Crippen LogP contribution in [0.5, 0.6) is 0 Å². The van der Waals surface area contributed by atoms with Crippen molar-refractivity contribution in [1.29, 1.82) is 0 Å². The van der Waals surface area contributed by atoms with Gasteiger partial charge in [-0.15, -0.1) is 0 Å². The molecule has 0 aliphatic heterocycles. The molecule has 3 nitrogen and oxygen atoms in total. The Hall–Kier alpha value is -7.75. The minimum atomic E-state index is 0.627. The Labute approximate surface area is 336 Å². The van der Waals surface area contributed by atoms with Gasteiger partial charge in [0.25, 0.3) is 0 Å². The van der Waals surface area contributed by atoms with Crippen LogP contribution < -0.4 is 0 Å². The maximum absolute atomic E-state index is 5.28. The lowest BCUT2D eigenvalue weighted by Crippen LogP contribution is -2.01. The highest BCUT2D eigenvalue weighted by Gasteiger charge is 2.18. The molecule has 3 heteroatoms. The third-order valence-corrected chi connectivity index (χ3v) is 11.3. The molecule has 1 aromatic heterocycles. The highest BCUT2D eigenvalue weighted by Crippen LogP contribution is 2.40. The second-order valence-corrected chi connectivity index (χ2v) is 14.8. The van der Waals surface area contributed by atoms with Crippen LogP contribution in [0.25, 0.3) is 111 Å². The molecule has 0 radical (unpaired) electrons. The molecule has 0 saturated carbocycles. The van der Waals surface area contributed by atoms with Gasteiger partial charge < -0.3 is 0 Å². The van der Waals surface area contributed by atoms with Gasteiger partial charge in [0.05, 0.1) is 0 Å². The topological polar surface area (TPSA) is 38.7 Å². The second kappa shape index (κ2) is 14.1. The normalized spacial score (nSPS) is 11.4. The molecular weight excluding hydrogens is 703 g/mol. The van der Waals surface area contributed by atoms with Crippen LogP contribution in [-0.4, -0.2) is 15.0 Å². The highest BCUT2D eigenvalue weighted by molar-refractivity contribution is 6.15. The molecule has 0 aliphatic carbocycles. The number of hydrogen-bond acceptors (Lipinski definition) is 3. The van der Waals surface area contributed by atoms with Gasteiger partial charge in [0, 0.05) is 16.7 Å². The largest absolute Gasteiger partial charge is 0.208 e. The van der Waals surface area contributed by atoms with Crippen LogP contribution in [0.3, 0.4) is 0 Å². The minimum absolute atomic E-state index is 0.627. The second-order valence-electron chi connectivity index (χ2n) is 14.8. The smallest absolute Gasteiger partial charge is 0.164 e. The van der Waals surface area contributed by atoms with Crippen molar-refractivity contribution in [3.8, 4) is 67.5 Å². The molecule has 0 atom stereocenters. The fourth-order valence-corrected chi connectivity index (χ4v) is 8.42. The quantitative estimate of drug-likeness (QED) is 0.160. The van der Waals surface area contributed by atoms with E-state index in [0.29, 0.717) is 17.5 Å². The molecule has 58 heavy (non-hydrogen) atoms. The first kappa shape index (κ1) is 33.6. The van der Waals surface area contributed by atoms with Gasteiger partial charge in [0.2, 0.25) is 0 Å². The highest BCUT2D eigenvalue weighted by atomic mass is 15.0. The molecule has 0 saturated heterocycles. The zero-order chi connectivity index (χ0) is 38.4. The lowest BCUT2D eigenvalue weighted by molar-refractivity contribution is 1.07. The van der Waals surface area contributed by atoms with E-state index in [1.54, 1.807) is 0 Å². The monoisotopic (exact) mass is 737 g/mol. The van der Waals surface area contributed by atoms with E-state index in [9.17, 15) is 0 Å². The Morgan fingerprint density at radius 3 is 1.50 bits per heavy atom. The van der Waals surface area contributed by atoms with E-state index in [4.69, 9.17) is 15.0 Å². The first-order valence-electron chi connectivity index (χ1n) is 19.7. The molecule has 0 spiro atoms. The molecule has 0 bridgehead atoms. The molecule has 0 fully saturated rings. The van der Waals surface area contributed by atoms with Crippen LogP contribution in [0.15, 0.2) is 212 Å². The Balaban J connectivity index is 1.08. The van der Waals surface area contributed by atoms with Gasteiger partial charge in [-0.1, -0.05) is 200 Å². The molecule has 10 aromatic carbocycles. The summed E-state index contributed by atoms with van der Waals surface area (Å²) in [6.07, 6.45) is 0. The van der Waals surface area contributed by atoms with Crippen molar-refractivity contribution in [2.45, 2.75) is 0 Å². The van der Waals surface area contributed by atoms with Crippen LogP contribution in [-0.2, 0) is 0 Å². The van der Waals surface area contributed by atoms with Crippen molar-refractivity contribution >= 4 is 43.1 Å². The predicted molar refractivity (Wildman–Crippen MR) is 242 cm³/mol. The van der Waals surface area contributed by atoms with Crippen molar-refractivity contribution in [3.63, 3.8) is 0 Å². The lowest BCUT2D eigenvalue weighted by Gasteiger charge is -2.15. The number of aromatic nitrogens is 3. The zero-order valence-corrected chi connectivity index (χ0v) is 31.5. The van der Waals surface area contributed by atoms with E-state index < -0.39 is 0 Å². The summed E-state index contributed by atoms with van der Waals surface area (Å²) >= 11 is 0. The van der Waals surface area contributed by atoms with Crippen LogP contribution >= 0.6 is 0 Å².